The van der Waals surface area contributed by atoms with Crippen molar-refractivity contribution in [3.63, 3.8) is 0 Å². The molecule has 1 aliphatic heterocycles. The van der Waals surface area contributed by atoms with Crippen LogP contribution < -0.4 is 15.6 Å². The normalized spacial score (nSPS) is 18.5. The maximum atomic E-state index is 13.4. The van der Waals surface area contributed by atoms with Crippen molar-refractivity contribution in [3.8, 4) is 0 Å². The van der Waals surface area contributed by atoms with E-state index in [1.54, 1.807) is 13.0 Å². The van der Waals surface area contributed by atoms with E-state index in [2.05, 4.69) is 36.6 Å². The van der Waals surface area contributed by atoms with Crippen LogP contribution in [0.2, 0.25) is 5.02 Å². The number of alkyl halides is 3. The number of aryl methyl sites for hydroxylation is 1. The second-order valence-electron chi connectivity index (χ2n) is 6.75. The van der Waals surface area contributed by atoms with Crippen LogP contribution in [0.4, 0.5) is 24.7 Å². The Balaban J connectivity index is 1.99. The minimum atomic E-state index is -4.71. The number of hydrogen-bond donors (Lipinski definition) is 3. The van der Waals surface area contributed by atoms with Crippen LogP contribution in [-0.2, 0) is 4.79 Å². The summed E-state index contributed by atoms with van der Waals surface area (Å²) >= 11 is 9.39. The number of amides is 2. The first-order valence-electron chi connectivity index (χ1n) is 8.98. The molecule has 0 fully saturated rings. The van der Waals surface area contributed by atoms with E-state index >= 15 is 0 Å². The number of carbonyl (C=O) groups is 2. The molecule has 1 aliphatic rings. The fourth-order valence-corrected chi connectivity index (χ4v) is 3.97. The largest absolute Gasteiger partial charge is 0.434 e. The monoisotopic (exact) mass is 518 g/mol. The first-order chi connectivity index (χ1) is 14.5. The van der Waals surface area contributed by atoms with Gasteiger partial charge in [0.05, 0.1) is 17.7 Å². The molecular weight excluding hydrogens is 503 g/mol. The summed E-state index contributed by atoms with van der Waals surface area (Å²) in [5, 5.41) is 8.64. The van der Waals surface area contributed by atoms with Crippen molar-refractivity contribution in [1.82, 2.24) is 10.3 Å². The van der Waals surface area contributed by atoms with Gasteiger partial charge in [0.1, 0.15) is 5.02 Å². The van der Waals surface area contributed by atoms with Gasteiger partial charge in [-0.1, -0.05) is 32.6 Å². The van der Waals surface area contributed by atoms with E-state index in [0.717, 1.165) is 0 Å². The summed E-state index contributed by atoms with van der Waals surface area (Å²) < 4.78 is 40.7. The number of hydrogen-bond acceptors (Lipinski definition) is 4. The number of rotatable bonds is 4. The smallest absolute Gasteiger partial charge is 0.355 e. The Morgan fingerprint density at radius 1 is 1.32 bits per heavy atom. The summed E-state index contributed by atoms with van der Waals surface area (Å²) in [4.78, 5) is 29.4. The van der Waals surface area contributed by atoms with Crippen LogP contribution in [0.5, 0.6) is 0 Å². The van der Waals surface area contributed by atoms with E-state index in [0.29, 0.717) is 10.0 Å². The molecule has 1 aromatic carbocycles. The van der Waals surface area contributed by atoms with Crippen LogP contribution in [0.25, 0.3) is 0 Å². The number of aromatic nitrogens is 1. The molecule has 1 aromatic heterocycles. The lowest BCUT2D eigenvalue weighted by Crippen LogP contribution is -3.07. The van der Waals surface area contributed by atoms with E-state index < -0.39 is 36.2 Å². The predicted molar refractivity (Wildman–Crippen MR) is 113 cm³/mol. The van der Waals surface area contributed by atoms with Gasteiger partial charge in [-0.05, 0) is 36.8 Å². The number of quaternary nitrogens is 1. The summed E-state index contributed by atoms with van der Waals surface area (Å²) in [6.45, 7) is 1.67. The molecule has 0 bridgehead atoms. The maximum Gasteiger partial charge on any atom is 0.434 e. The minimum Gasteiger partial charge on any atom is -0.355 e. The molecule has 0 saturated carbocycles. The molecule has 0 aliphatic carbocycles. The molecule has 2 aromatic rings. The minimum absolute atomic E-state index is 0.00243. The highest BCUT2D eigenvalue weighted by Gasteiger charge is 2.50. The summed E-state index contributed by atoms with van der Waals surface area (Å²) in [5.74, 6) is -1.21. The first-order valence-corrected chi connectivity index (χ1v) is 10.2. The van der Waals surface area contributed by atoms with E-state index in [1.165, 1.54) is 31.4 Å². The lowest BCUT2D eigenvalue weighted by molar-refractivity contribution is -0.852. The zero-order chi connectivity index (χ0) is 22.9. The number of halogens is 5. The number of carbonyl (C=O) groups excluding carboxylic acids is 2. The van der Waals surface area contributed by atoms with Crippen molar-refractivity contribution in [1.29, 1.82) is 0 Å². The molecule has 0 radical (unpaired) electrons. The second-order valence-corrected chi connectivity index (χ2v) is 8.07. The Morgan fingerprint density at radius 3 is 2.65 bits per heavy atom. The molecule has 12 heteroatoms. The number of benzene rings is 1. The molecule has 7 nitrogen and oxygen atoms in total. The molecule has 0 spiro atoms. The molecule has 0 saturated heterocycles. The van der Waals surface area contributed by atoms with E-state index in [9.17, 15) is 22.8 Å². The highest BCUT2D eigenvalue weighted by atomic mass is 79.9. The Hall–Kier alpha value is -2.50. The van der Waals surface area contributed by atoms with Crippen LogP contribution in [0.1, 0.15) is 22.3 Å². The second kappa shape index (κ2) is 8.93. The highest BCUT2D eigenvalue weighted by Crippen LogP contribution is 2.28. The average molecular weight is 520 g/mol. The summed E-state index contributed by atoms with van der Waals surface area (Å²) in [5.41, 5.74) is -0.188. The van der Waals surface area contributed by atoms with Crippen LogP contribution in [0.15, 0.2) is 40.0 Å². The molecule has 2 unspecified atom stereocenters. The summed E-state index contributed by atoms with van der Waals surface area (Å²) in [6.07, 6.45) is -4.02. The standard InChI is InChI=1S/C19H16BrClF3N5O2/c1-9-6-10(20)7-11(17(30)25-2)15(9)27-18(31)13-8-14(19(22,23)24)28-29(13)16-12(21)4-3-5-26-16/h3-7,13H,8H2,1-2H3,(H,25,30)(H,27,31)/p+1. The van der Waals surface area contributed by atoms with Crippen LogP contribution in [-0.4, -0.2) is 41.8 Å². The number of nitrogens with one attached hydrogen (secondary N) is 3. The number of nitrogens with zero attached hydrogens (tertiary/aromatic N) is 2. The van der Waals surface area contributed by atoms with Gasteiger partial charge in [-0.15, -0.1) is 5.01 Å². The maximum absolute atomic E-state index is 13.4. The van der Waals surface area contributed by atoms with E-state index in [-0.39, 0.29) is 27.1 Å². The summed E-state index contributed by atoms with van der Waals surface area (Å²) in [7, 11) is 1.43. The van der Waals surface area contributed by atoms with Crippen molar-refractivity contribution in [2.75, 3.05) is 12.4 Å². The van der Waals surface area contributed by atoms with E-state index in [1.807, 2.05) is 0 Å². The molecular formula is C19H17BrClF3N5O2+. The fraction of sp³-hybridized carbons (Fsp3) is 0.263. The van der Waals surface area contributed by atoms with Crippen molar-refractivity contribution >= 4 is 56.6 Å². The molecule has 31 heavy (non-hydrogen) atoms. The Bertz CT molecular complexity index is 1080. The molecule has 2 amide bonds. The summed E-state index contributed by atoms with van der Waals surface area (Å²) in [6, 6.07) is 4.87. The average Bonchev–Trinajstić information content (AvgIpc) is 3.15. The van der Waals surface area contributed by atoms with Gasteiger partial charge in [-0.2, -0.15) is 13.2 Å². The SMILES string of the molecule is CNC(=O)c1cc(Br)cc(C)c1NC(=O)C1CC(C(F)(F)F)=N[NH+]1c1ncccc1Cl. The third-order valence-corrected chi connectivity index (χ3v) is 5.41. The van der Waals surface area contributed by atoms with Crippen molar-refractivity contribution < 1.29 is 27.8 Å². The number of pyridine rings is 1. The Morgan fingerprint density at radius 2 is 2.03 bits per heavy atom. The lowest BCUT2D eigenvalue weighted by Gasteiger charge is -2.19. The third kappa shape index (κ3) is 4.89. The predicted octanol–water partition coefficient (Wildman–Crippen LogP) is 3.01. The van der Waals surface area contributed by atoms with Gasteiger partial charge in [0, 0.05) is 17.7 Å². The van der Waals surface area contributed by atoms with Gasteiger partial charge < -0.3 is 10.6 Å². The molecule has 164 valence electrons. The molecule has 2 atom stereocenters. The number of anilines is 1. The van der Waals surface area contributed by atoms with Gasteiger partial charge in [0.2, 0.25) is 6.04 Å². The van der Waals surface area contributed by atoms with Gasteiger partial charge >= 0.3 is 6.18 Å². The molecule has 3 N–H and O–H groups in total. The zero-order valence-corrected chi connectivity index (χ0v) is 18.6. The molecule has 3 rings (SSSR count). The fourth-order valence-electron chi connectivity index (χ4n) is 3.18. The lowest BCUT2D eigenvalue weighted by atomic mass is 10.1. The van der Waals surface area contributed by atoms with Crippen molar-refractivity contribution in [3.05, 3.63) is 51.1 Å². The Labute approximate surface area is 188 Å². The van der Waals surface area contributed by atoms with Crippen molar-refractivity contribution in [2.24, 2.45) is 5.10 Å². The van der Waals surface area contributed by atoms with Gasteiger partial charge in [-0.3, -0.25) is 9.59 Å². The third-order valence-electron chi connectivity index (χ3n) is 4.65. The topological polar surface area (TPSA) is 87.9 Å². The highest BCUT2D eigenvalue weighted by molar-refractivity contribution is 9.10. The van der Waals surface area contributed by atoms with Crippen LogP contribution >= 0.6 is 27.5 Å². The van der Waals surface area contributed by atoms with E-state index in [4.69, 9.17) is 11.6 Å². The van der Waals surface area contributed by atoms with Gasteiger partial charge in [0.25, 0.3) is 17.6 Å². The quantitative estimate of drug-likeness (QED) is 0.580. The van der Waals surface area contributed by atoms with Crippen LogP contribution in [0, 0.1) is 6.92 Å². The molecule has 2 heterocycles. The van der Waals surface area contributed by atoms with Gasteiger partial charge in [0.15, 0.2) is 5.71 Å². The zero-order valence-electron chi connectivity index (χ0n) is 16.3. The first kappa shape index (κ1) is 23.2. The Kier molecular flexibility index (Phi) is 6.68. The van der Waals surface area contributed by atoms with Crippen molar-refractivity contribution in [2.45, 2.75) is 25.6 Å². The van der Waals surface area contributed by atoms with Crippen LogP contribution in [0.3, 0.4) is 0 Å². The van der Waals surface area contributed by atoms with Gasteiger partial charge in [-0.25, -0.2) is 4.98 Å².